The molecule has 2 heteroatoms. The zero-order valence-electron chi connectivity index (χ0n) is 21.3. The molecule has 1 nitrogen and oxygen atoms in total. The number of hydrogen-bond acceptors (Lipinski definition) is 1. The largest absolute Gasteiger partial charge is 0.418 e. The van der Waals surface area contributed by atoms with Crippen molar-refractivity contribution in [3.63, 3.8) is 0 Å². The second-order valence-corrected chi connectivity index (χ2v) is 15.4. The summed E-state index contributed by atoms with van der Waals surface area (Å²) in [5, 5.41) is 0. The molecule has 0 aliphatic carbocycles. The van der Waals surface area contributed by atoms with Crippen LogP contribution in [-0.4, -0.2) is 14.9 Å². The monoisotopic (exact) mass is 426 g/mol. The molecule has 0 aliphatic rings. The Hall–Kier alpha value is 0.177. The van der Waals surface area contributed by atoms with Gasteiger partial charge in [0.25, 0.3) is 0 Å². The summed E-state index contributed by atoms with van der Waals surface area (Å²) in [6, 6.07) is 0. The Morgan fingerprint density at radius 2 is 0.724 bits per heavy atom. The van der Waals surface area contributed by atoms with Crippen LogP contribution in [0.3, 0.4) is 0 Å². The fourth-order valence-corrected chi connectivity index (χ4v) is 4.79. The molecule has 0 saturated carbocycles. The Labute approximate surface area is 187 Å². The van der Waals surface area contributed by atoms with E-state index in [4.69, 9.17) is 4.43 Å². The van der Waals surface area contributed by atoms with Crippen LogP contribution in [-0.2, 0) is 4.43 Å². The molecular weight excluding hydrogens is 368 g/mol. The maximum absolute atomic E-state index is 5.91. The van der Waals surface area contributed by atoms with Crippen molar-refractivity contribution in [1.82, 2.24) is 0 Å². The van der Waals surface area contributed by atoms with Crippen molar-refractivity contribution in [1.29, 1.82) is 0 Å². The zero-order chi connectivity index (χ0) is 21.6. The van der Waals surface area contributed by atoms with E-state index in [1.807, 2.05) is 0 Å². The van der Waals surface area contributed by atoms with Gasteiger partial charge in [0.1, 0.15) is 0 Å². The van der Waals surface area contributed by atoms with Gasteiger partial charge in [-0.05, 0) is 32.0 Å². The minimum Gasteiger partial charge on any atom is -0.418 e. The van der Waals surface area contributed by atoms with Gasteiger partial charge < -0.3 is 4.43 Å². The molecular formula is C27H58OSi. The molecule has 0 aromatic carbocycles. The molecule has 0 fully saturated rings. The SMILES string of the molecule is CC(C)CCCCCCCCCCCCCCCCCCCCCO[Si](C)(C)C. The third-order valence-electron chi connectivity index (χ3n) is 5.96. The van der Waals surface area contributed by atoms with Crippen LogP contribution in [0.2, 0.25) is 19.6 Å². The summed E-state index contributed by atoms with van der Waals surface area (Å²) < 4.78 is 5.91. The predicted molar refractivity (Wildman–Crippen MR) is 136 cm³/mol. The summed E-state index contributed by atoms with van der Waals surface area (Å²) in [5.41, 5.74) is 0. The second kappa shape index (κ2) is 21.4. The van der Waals surface area contributed by atoms with Crippen LogP contribution in [0.15, 0.2) is 0 Å². The Morgan fingerprint density at radius 1 is 0.448 bits per heavy atom. The fraction of sp³-hybridized carbons (Fsp3) is 1.00. The average molecular weight is 427 g/mol. The molecule has 29 heavy (non-hydrogen) atoms. The maximum atomic E-state index is 5.91. The normalized spacial score (nSPS) is 12.2. The van der Waals surface area contributed by atoms with Crippen LogP contribution in [0.4, 0.5) is 0 Å². The topological polar surface area (TPSA) is 9.23 Å². The highest BCUT2D eigenvalue weighted by molar-refractivity contribution is 6.69. The van der Waals surface area contributed by atoms with Crippen molar-refractivity contribution >= 4 is 8.32 Å². The van der Waals surface area contributed by atoms with Crippen molar-refractivity contribution in [2.24, 2.45) is 5.92 Å². The number of hydrogen-bond donors (Lipinski definition) is 0. The molecule has 0 aromatic heterocycles. The summed E-state index contributed by atoms with van der Waals surface area (Å²) in [5.74, 6) is 0.894. The van der Waals surface area contributed by atoms with Crippen molar-refractivity contribution in [3.05, 3.63) is 0 Å². The first kappa shape index (κ1) is 29.2. The van der Waals surface area contributed by atoms with Gasteiger partial charge in [-0.3, -0.25) is 0 Å². The Balaban J connectivity index is 3.03. The van der Waals surface area contributed by atoms with E-state index in [2.05, 4.69) is 33.5 Å². The van der Waals surface area contributed by atoms with E-state index in [1.165, 1.54) is 128 Å². The van der Waals surface area contributed by atoms with E-state index in [0.29, 0.717) is 0 Å². The smallest absolute Gasteiger partial charge is 0.183 e. The van der Waals surface area contributed by atoms with Crippen LogP contribution in [0.25, 0.3) is 0 Å². The highest BCUT2D eigenvalue weighted by Crippen LogP contribution is 2.15. The van der Waals surface area contributed by atoms with Crippen molar-refractivity contribution in [2.75, 3.05) is 6.61 Å². The standard InChI is InChI=1S/C27H58OSi/c1-27(2)25-23-21-19-17-15-13-11-9-7-6-8-10-12-14-16-18-20-22-24-26-28-29(3,4)5/h27H,6-26H2,1-5H3. The summed E-state index contributed by atoms with van der Waals surface area (Å²) in [6.45, 7) is 12.5. The van der Waals surface area contributed by atoms with Crippen molar-refractivity contribution in [2.45, 2.75) is 162 Å². The Bertz CT molecular complexity index is 308. The van der Waals surface area contributed by atoms with Gasteiger partial charge in [0.15, 0.2) is 8.32 Å². The minimum atomic E-state index is -1.28. The summed E-state index contributed by atoms with van der Waals surface area (Å²) >= 11 is 0. The molecule has 0 radical (unpaired) electrons. The van der Waals surface area contributed by atoms with Crippen LogP contribution >= 0.6 is 0 Å². The molecule has 0 aromatic rings. The van der Waals surface area contributed by atoms with Crippen molar-refractivity contribution in [3.8, 4) is 0 Å². The van der Waals surface area contributed by atoms with Crippen molar-refractivity contribution < 1.29 is 4.43 Å². The van der Waals surface area contributed by atoms with E-state index in [-0.39, 0.29) is 0 Å². The highest BCUT2D eigenvalue weighted by Gasteiger charge is 2.12. The maximum Gasteiger partial charge on any atom is 0.183 e. The molecule has 0 unspecified atom stereocenters. The predicted octanol–water partition coefficient (Wildman–Crippen LogP) is 10.3. The highest BCUT2D eigenvalue weighted by atomic mass is 28.4. The van der Waals surface area contributed by atoms with E-state index >= 15 is 0 Å². The molecule has 0 saturated heterocycles. The van der Waals surface area contributed by atoms with Crippen LogP contribution in [0.5, 0.6) is 0 Å². The van der Waals surface area contributed by atoms with Crippen LogP contribution in [0.1, 0.15) is 142 Å². The van der Waals surface area contributed by atoms with Gasteiger partial charge in [0.05, 0.1) is 0 Å². The van der Waals surface area contributed by atoms with Crippen LogP contribution < -0.4 is 0 Å². The van der Waals surface area contributed by atoms with Gasteiger partial charge >= 0.3 is 0 Å². The lowest BCUT2D eigenvalue weighted by Gasteiger charge is -2.16. The zero-order valence-corrected chi connectivity index (χ0v) is 22.3. The average Bonchev–Trinajstić information content (AvgIpc) is 2.64. The molecule has 0 aliphatic heterocycles. The number of rotatable bonds is 23. The lowest BCUT2D eigenvalue weighted by Crippen LogP contribution is -2.25. The minimum absolute atomic E-state index is 0.894. The molecule has 176 valence electrons. The van der Waals surface area contributed by atoms with Gasteiger partial charge in [0, 0.05) is 6.61 Å². The lowest BCUT2D eigenvalue weighted by atomic mass is 10.0. The molecule has 0 heterocycles. The first-order chi connectivity index (χ1) is 13.9. The van der Waals surface area contributed by atoms with Gasteiger partial charge in [-0.15, -0.1) is 0 Å². The van der Waals surface area contributed by atoms with E-state index in [9.17, 15) is 0 Å². The third-order valence-corrected chi connectivity index (χ3v) is 7.03. The van der Waals surface area contributed by atoms with Gasteiger partial charge in [0.2, 0.25) is 0 Å². The molecule has 0 spiro atoms. The molecule has 0 amide bonds. The first-order valence-corrected chi connectivity index (χ1v) is 17.0. The molecule has 0 bridgehead atoms. The first-order valence-electron chi connectivity index (χ1n) is 13.6. The Kier molecular flexibility index (Phi) is 21.5. The lowest BCUT2D eigenvalue weighted by molar-refractivity contribution is 0.298. The third kappa shape index (κ3) is 28.2. The number of unbranched alkanes of at least 4 members (excludes halogenated alkanes) is 18. The van der Waals surface area contributed by atoms with E-state index in [0.717, 1.165) is 12.5 Å². The quantitative estimate of drug-likeness (QED) is 0.117. The summed E-state index contributed by atoms with van der Waals surface area (Å²) in [7, 11) is -1.28. The molecule has 0 rings (SSSR count). The van der Waals surface area contributed by atoms with Gasteiger partial charge in [-0.25, -0.2) is 0 Å². The van der Waals surface area contributed by atoms with Crippen LogP contribution in [0, 0.1) is 5.92 Å². The summed E-state index contributed by atoms with van der Waals surface area (Å²) in [6.07, 6.45) is 29.0. The van der Waals surface area contributed by atoms with E-state index < -0.39 is 8.32 Å². The van der Waals surface area contributed by atoms with E-state index in [1.54, 1.807) is 0 Å². The van der Waals surface area contributed by atoms with Gasteiger partial charge in [-0.1, -0.05) is 136 Å². The van der Waals surface area contributed by atoms with Gasteiger partial charge in [-0.2, -0.15) is 0 Å². The molecule has 0 N–H and O–H groups in total. The Morgan fingerprint density at radius 3 is 1.00 bits per heavy atom. The fourth-order valence-electron chi connectivity index (χ4n) is 4.04. The summed E-state index contributed by atoms with van der Waals surface area (Å²) in [4.78, 5) is 0. The molecule has 0 atom stereocenters. The second-order valence-electron chi connectivity index (χ2n) is 10.9.